The van der Waals surface area contributed by atoms with Crippen molar-refractivity contribution >= 4 is 34.4 Å². The molecule has 0 aromatic heterocycles. The van der Waals surface area contributed by atoms with E-state index in [0.717, 1.165) is 10.8 Å². The molecule has 2 rings (SSSR count). The van der Waals surface area contributed by atoms with Crippen LogP contribution in [-0.4, -0.2) is 34.9 Å². The van der Waals surface area contributed by atoms with Crippen molar-refractivity contribution in [2.24, 2.45) is 23.5 Å². The zero-order valence-electron chi connectivity index (χ0n) is 21.6. The molecule has 2 aromatic carbocycles. The summed E-state index contributed by atoms with van der Waals surface area (Å²) in [5.74, 6) is -3.39. The van der Waals surface area contributed by atoms with Crippen LogP contribution in [0.3, 0.4) is 0 Å². The van der Waals surface area contributed by atoms with Crippen LogP contribution in [0, 0.1) is 17.8 Å². The summed E-state index contributed by atoms with van der Waals surface area (Å²) in [5.41, 5.74) is 6.08. The molecule has 0 bridgehead atoms. The Labute approximate surface area is 212 Å². The number of benzene rings is 2. The van der Waals surface area contributed by atoms with Crippen molar-refractivity contribution in [2.45, 2.75) is 65.5 Å². The summed E-state index contributed by atoms with van der Waals surface area (Å²) in [5, 5.41) is 16.4. The lowest BCUT2D eigenvalue weighted by Gasteiger charge is -2.34. The fourth-order valence-electron chi connectivity index (χ4n) is 4.25. The molecule has 2 aromatic rings. The van der Waals surface area contributed by atoms with E-state index in [1.54, 1.807) is 18.5 Å². The maximum Gasteiger partial charge on any atom is 0.250 e. The van der Waals surface area contributed by atoms with Crippen LogP contribution in [0.25, 0.3) is 10.8 Å². The number of hydroxylamine groups is 1. The third kappa shape index (κ3) is 7.04. The predicted octanol–water partition coefficient (Wildman–Crippen LogP) is 2.75. The van der Waals surface area contributed by atoms with Gasteiger partial charge in [0.05, 0.1) is 0 Å². The lowest BCUT2D eigenvalue weighted by molar-refractivity contribution is -0.139. The number of primary amides is 1. The number of fused-ring (bicyclic) bond motifs is 1. The third-order valence-corrected chi connectivity index (χ3v) is 6.64. The van der Waals surface area contributed by atoms with Crippen LogP contribution in [0.5, 0.6) is 0 Å². The van der Waals surface area contributed by atoms with Crippen LogP contribution in [0.2, 0.25) is 0 Å². The second-order valence-corrected chi connectivity index (χ2v) is 9.98. The SMILES string of the molecule is CC[C@H](C)C(NC(=O)[C@@](C)(NC(=O)C(CC(=O)NO)CC(C)C)c1ccc2ccccc2c1)C(N)=O. The molecule has 0 fully saturated rings. The minimum Gasteiger partial charge on any atom is -0.368 e. The van der Waals surface area contributed by atoms with E-state index in [2.05, 4.69) is 10.6 Å². The van der Waals surface area contributed by atoms with Gasteiger partial charge in [0.25, 0.3) is 5.91 Å². The lowest BCUT2D eigenvalue weighted by Crippen LogP contribution is -2.60. The van der Waals surface area contributed by atoms with Crippen molar-refractivity contribution in [1.82, 2.24) is 16.1 Å². The highest BCUT2D eigenvalue weighted by molar-refractivity contribution is 5.97. The Bertz CT molecular complexity index is 1100. The fraction of sp³-hybridized carbons (Fsp3) is 0.481. The highest BCUT2D eigenvalue weighted by Gasteiger charge is 2.41. The summed E-state index contributed by atoms with van der Waals surface area (Å²) in [4.78, 5) is 51.2. The lowest BCUT2D eigenvalue weighted by atomic mass is 9.86. The Morgan fingerprint density at radius 3 is 2.22 bits per heavy atom. The first-order valence-corrected chi connectivity index (χ1v) is 12.3. The van der Waals surface area contributed by atoms with E-state index in [9.17, 15) is 19.2 Å². The molecule has 0 aliphatic rings. The number of rotatable bonds is 12. The van der Waals surface area contributed by atoms with Crippen molar-refractivity contribution in [3.05, 3.63) is 48.0 Å². The van der Waals surface area contributed by atoms with Crippen LogP contribution >= 0.6 is 0 Å². The van der Waals surface area contributed by atoms with Crippen molar-refractivity contribution in [1.29, 1.82) is 0 Å². The molecule has 0 spiro atoms. The summed E-state index contributed by atoms with van der Waals surface area (Å²) in [6, 6.07) is 12.1. The van der Waals surface area contributed by atoms with Gasteiger partial charge in [-0.2, -0.15) is 0 Å². The van der Waals surface area contributed by atoms with Crippen LogP contribution in [-0.2, 0) is 24.7 Å². The van der Waals surface area contributed by atoms with Gasteiger partial charge in [0, 0.05) is 12.3 Å². The number of nitrogens with two attached hydrogens (primary N) is 1. The number of hydrogen-bond acceptors (Lipinski definition) is 5. The van der Waals surface area contributed by atoms with Gasteiger partial charge in [-0.15, -0.1) is 0 Å². The van der Waals surface area contributed by atoms with E-state index in [1.807, 2.05) is 64.1 Å². The molecule has 9 nitrogen and oxygen atoms in total. The van der Waals surface area contributed by atoms with Crippen LogP contribution in [0.4, 0.5) is 0 Å². The summed E-state index contributed by atoms with van der Waals surface area (Å²) in [6.07, 6.45) is 0.734. The first-order chi connectivity index (χ1) is 16.9. The molecule has 0 aliphatic heterocycles. The van der Waals surface area contributed by atoms with Crippen molar-refractivity contribution in [3.8, 4) is 0 Å². The maximum absolute atomic E-state index is 13.7. The molecule has 36 heavy (non-hydrogen) atoms. The van der Waals surface area contributed by atoms with Crippen LogP contribution in [0.1, 0.15) is 59.4 Å². The molecule has 4 amide bonds. The molecule has 0 saturated carbocycles. The van der Waals surface area contributed by atoms with E-state index in [-0.39, 0.29) is 18.3 Å². The Balaban J connectivity index is 2.53. The summed E-state index contributed by atoms with van der Waals surface area (Å²) in [6.45, 7) is 9.09. The van der Waals surface area contributed by atoms with Crippen molar-refractivity contribution in [3.63, 3.8) is 0 Å². The van der Waals surface area contributed by atoms with Gasteiger partial charge < -0.3 is 16.4 Å². The zero-order valence-corrected chi connectivity index (χ0v) is 21.6. The second kappa shape index (κ2) is 12.5. The average Bonchev–Trinajstić information content (AvgIpc) is 2.85. The quantitative estimate of drug-likeness (QED) is 0.225. The van der Waals surface area contributed by atoms with Crippen LogP contribution < -0.4 is 21.8 Å². The molecule has 9 heteroatoms. The fourth-order valence-corrected chi connectivity index (χ4v) is 4.25. The summed E-state index contributed by atoms with van der Waals surface area (Å²) in [7, 11) is 0. The van der Waals surface area contributed by atoms with Gasteiger partial charge in [0.15, 0.2) is 0 Å². The van der Waals surface area contributed by atoms with Gasteiger partial charge in [-0.3, -0.25) is 24.4 Å². The number of carbonyl (C=O) groups excluding carboxylic acids is 4. The molecular formula is C27H38N4O5. The molecule has 0 radical (unpaired) electrons. The number of amides is 4. The number of carbonyl (C=O) groups is 4. The Morgan fingerprint density at radius 2 is 1.67 bits per heavy atom. The van der Waals surface area contributed by atoms with Crippen molar-refractivity contribution in [2.75, 3.05) is 0 Å². The molecule has 4 atom stereocenters. The monoisotopic (exact) mass is 498 g/mol. The predicted molar refractivity (Wildman–Crippen MR) is 138 cm³/mol. The Kier molecular flexibility index (Phi) is 9.98. The second-order valence-electron chi connectivity index (χ2n) is 9.98. The van der Waals surface area contributed by atoms with Gasteiger partial charge >= 0.3 is 0 Å². The van der Waals surface area contributed by atoms with Gasteiger partial charge in [-0.25, -0.2) is 5.48 Å². The smallest absolute Gasteiger partial charge is 0.250 e. The Hall–Kier alpha value is -3.46. The molecule has 196 valence electrons. The summed E-state index contributed by atoms with van der Waals surface area (Å²) >= 11 is 0. The average molecular weight is 499 g/mol. The first kappa shape index (κ1) is 28.8. The topological polar surface area (TPSA) is 151 Å². The van der Waals surface area contributed by atoms with E-state index in [4.69, 9.17) is 10.9 Å². The third-order valence-electron chi connectivity index (χ3n) is 6.64. The molecular weight excluding hydrogens is 460 g/mol. The standard InChI is InChI=1S/C27H38N4O5/c1-6-17(4)23(24(28)33)29-26(35)27(5,21-12-11-18-9-7-8-10-19(18)14-21)30-25(34)20(13-16(2)3)15-22(32)31-36/h7-12,14,16-17,20,23,36H,6,13,15H2,1-5H3,(H2,28,33)(H,29,35)(H,30,34)(H,31,32)/t17-,20?,23?,27-/m0/s1. The molecule has 0 heterocycles. The Morgan fingerprint density at radius 1 is 1.03 bits per heavy atom. The highest BCUT2D eigenvalue weighted by atomic mass is 16.5. The van der Waals surface area contributed by atoms with E-state index in [0.29, 0.717) is 18.4 Å². The normalized spacial score (nSPS) is 15.4. The van der Waals surface area contributed by atoms with E-state index < -0.39 is 41.1 Å². The van der Waals surface area contributed by atoms with Gasteiger partial charge in [0.2, 0.25) is 17.7 Å². The molecule has 0 aliphatic carbocycles. The largest absolute Gasteiger partial charge is 0.368 e. The minimum absolute atomic E-state index is 0.0811. The highest BCUT2D eigenvalue weighted by Crippen LogP contribution is 2.28. The van der Waals surface area contributed by atoms with Gasteiger partial charge in [0.1, 0.15) is 11.6 Å². The van der Waals surface area contributed by atoms with Gasteiger partial charge in [-0.05, 0) is 47.6 Å². The van der Waals surface area contributed by atoms with E-state index in [1.165, 1.54) is 0 Å². The maximum atomic E-state index is 13.7. The number of hydrogen-bond donors (Lipinski definition) is 5. The first-order valence-electron chi connectivity index (χ1n) is 12.3. The minimum atomic E-state index is -1.58. The number of nitrogens with one attached hydrogen (secondary N) is 3. The molecule has 6 N–H and O–H groups in total. The molecule has 2 unspecified atom stereocenters. The summed E-state index contributed by atoms with van der Waals surface area (Å²) < 4.78 is 0. The van der Waals surface area contributed by atoms with Gasteiger partial charge in [-0.1, -0.05) is 70.5 Å². The van der Waals surface area contributed by atoms with Crippen LogP contribution in [0.15, 0.2) is 42.5 Å². The zero-order chi connectivity index (χ0) is 27.0. The molecule has 0 saturated heterocycles. The van der Waals surface area contributed by atoms with E-state index >= 15 is 0 Å². The van der Waals surface area contributed by atoms with Crippen molar-refractivity contribution < 1.29 is 24.4 Å².